The first-order valence-corrected chi connectivity index (χ1v) is 12.1. The average molecular weight is 487 g/mol. The molecule has 1 unspecified atom stereocenters. The first-order valence-electron chi connectivity index (χ1n) is 12.1. The van der Waals surface area contributed by atoms with E-state index < -0.39 is 0 Å². The van der Waals surface area contributed by atoms with Crippen LogP contribution in [0, 0.1) is 0 Å². The van der Waals surface area contributed by atoms with Crippen molar-refractivity contribution in [3.63, 3.8) is 0 Å². The van der Waals surface area contributed by atoms with E-state index in [1.54, 1.807) is 28.4 Å². The summed E-state index contributed by atoms with van der Waals surface area (Å²) in [5.41, 5.74) is 5.22. The number of hydrogen-bond donors (Lipinski definition) is 0. The number of hydrazone groups is 1. The Balaban J connectivity index is 1.74. The molecule has 36 heavy (non-hydrogen) atoms. The monoisotopic (exact) mass is 486 g/mol. The summed E-state index contributed by atoms with van der Waals surface area (Å²) >= 11 is 0. The van der Waals surface area contributed by atoms with Crippen molar-refractivity contribution in [1.29, 1.82) is 0 Å². The molecule has 1 aliphatic heterocycles. The van der Waals surface area contributed by atoms with Gasteiger partial charge in [0.1, 0.15) is 0 Å². The van der Waals surface area contributed by atoms with E-state index in [4.69, 9.17) is 24.0 Å². The van der Waals surface area contributed by atoms with E-state index in [0.717, 1.165) is 28.3 Å². The maximum Gasteiger partial charge on any atom is 0.167 e. The molecule has 1 heterocycles. The van der Waals surface area contributed by atoms with Gasteiger partial charge in [-0.1, -0.05) is 50.2 Å². The highest BCUT2D eigenvalue weighted by Gasteiger charge is 2.31. The summed E-state index contributed by atoms with van der Waals surface area (Å²) in [7, 11) is 6.62. The van der Waals surface area contributed by atoms with Gasteiger partial charge >= 0.3 is 0 Å². The van der Waals surface area contributed by atoms with Crippen molar-refractivity contribution in [2.75, 3.05) is 33.4 Å². The van der Waals surface area contributed by atoms with Crippen molar-refractivity contribution in [3.05, 3.63) is 83.4 Å². The molecule has 0 amide bonds. The molecule has 1 atom stereocenters. The van der Waals surface area contributed by atoms with E-state index in [1.807, 2.05) is 42.5 Å². The Morgan fingerprint density at radius 3 is 2.03 bits per heavy atom. The molecule has 0 radical (unpaired) electrons. The minimum atomic E-state index is -0.0493. The zero-order chi connectivity index (χ0) is 25.7. The Morgan fingerprint density at radius 2 is 1.42 bits per heavy atom. The van der Waals surface area contributed by atoms with E-state index >= 15 is 0 Å². The van der Waals surface area contributed by atoms with Gasteiger partial charge in [-0.05, 0) is 47.9 Å². The molecular formula is C30H34N2O4. The third-order valence-electron chi connectivity index (χ3n) is 6.44. The van der Waals surface area contributed by atoms with Gasteiger partial charge in [-0.25, -0.2) is 0 Å². The number of ether oxygens (including phenoxy) is 4. The molecule has 188 valence electrons. The van der Waals surface area contributed by atoms with E-state index in [-0.39, 0.29) is 6.04 Å². The van der Waals surface area contributed by atoms with E-state index in [0.29, 0.717) is 29.6 Å². The second-order valence-corrected chi connectivity index (χ2v) is 8.90. The van der Waals surface area contributed by atoms with E-state index in [2.05, 4.69) is 49.2 Å². The molecule has 1 aliphatic rings. The predicted octanol–water partition coefficient (Wildman–Crippen LogP) is 6.87. The standard InChI is InChI=1S/C30H34N2O4/c1-20(2)21-14-17-24(18-15-21)32-26(25-10-8-12-28(34-4)30(25)36-6)19-23(31-32)16-13-22-9-7-11-27(33-3)29(22)35-5/h7-18,20,26H,19H2,1-6H3. The van der Waals surface area contributed by atoms with Gasteiger partial charge in [-0.3, -0.25) is 5.01 Å². The molecule has 6 nitrogen and oxygen atoms in total. The second-order valence-electron chi connectivity index (χ2n) is 8.90. The molecule has 4 rings (SSSR count). The number of para-hydroxylation sites is 2. The van der Waals surface area contributed by atoms with Crippen molar-refractivity contribution in [2.45, 2.75) is 32.2 Å². The van der Waals surface area contributed by atoms with Crippen LogP contribution in [-0.2, 0) is 0 Å². The summed E-state index contributed by atoms with van der Waals surface area (Å²) in [6.45, 7) is 4.39. The van der Waals surface area contributed by atoms with Crippen LogP contribution in [-0.4, -0.2) is 34.2 Å². The zero-order valence-corrected chi connectivity index (χ0v) is 21.8. The third-order valence-corrected chi connectivity index (χ3v) is 6.44. The fourth-order valence-corrected chi connectivity index (χ4v) is 4.53. The number of benzene rings is 3. The molecule has 3 aromatic carbocycles. The SMILES string of the molecule is COc1cccc(C=CC2=NN(c3ccc(C(C)C)cc3)C(c3cccc(OC)c3OC)C2)c1OC. The first kappa shape index (κ1) is 25.2. The van der Waals surface area contributed by atoms with Crippen molar-refractivity contribution in [2.24, 2.45) is 5.10 Å². The van der Waals surface area contributed by atoms with Crippen molar-refractivity contribution >= 4 is 17.5 Å². The lowest BCUT2D eigenvalue weighted by molar-refractivity contribution is 0.349. The van der Waals surface area contributed by atoms with Gasteiger partial charge in [0.25, 0.3) is 0 Å². The van der Waals surface area contributed by atoms with E-state index in [1.165, 1.54) is 5.56 Å². The van der Waals surface area contributed by atoms with Gasteiger partial charge in [0, 0.05) is 17.5 Å². The average Bonchev–Trinajstić information content (AvgIpc) is 3.35. The summed E-state index contributed by atoms with van der Waals surface area (Å²) in [5.74, 6) is 3.28. The Hall–Kier alpha value is -3.93. The third kappa shape index (κ3) is 5.03. The number of hydrogen-bond acceptors (Lipinski definition) is 6. The highest BCUT2D eigenvalue weighted by atomic mass is 16.5. The van der Waals surface area contributed by atoms with Crippen molar-refractivity contribution in [1.82, 2.24) is 0 Å². The van der Waals surface area contributed by atoms with Gasteiger partial charge in [-0.15, -0.1) is 0 Å². The lowest BCUT2D eigenvalue weighted by atomic mass is 9.98. The minimum Gasteiger partial charge on any atom is -0.493 e. The summed E-state index contributed by atoms with van der Waals surface area (Å²) in [6, 6.07) is 20.4. The summed E-state index contributed by atoms with van der Waals surface area (Å²) in [4.78, 5) is 0. The topological polar surface area (TPSA) is 52.5 Å². The first-order chi connectivity index (χ1) is 17.5. The Morgan fingerprint density at radius 1 is 0.778 bits per heavy atom. The maximum atomic E-state index is 5.78. The molecule has 0 aromatic heterocycles. The van der Waals surface area contributed by atoms with Crippen LogP contribution in [0.15, 0.2) is 71.8 Å². The smallest absolute Gasteiger partial charge is 0.167 e. The number of anilines is 1. The molecule has 6 heteroatoms. The van der Waals surface area contributed by atoms with Crippen LogP contribution in [0.1, 0.15) is 48.9 Å². The molecule has 0 saturated heterocycles. The molecule has 0 saturated carbocycles. The zero-order valence-electron chi connectivity index (χ0n) is 21.8. The highest BCUT2D eigenvalue weighted by molar-refractivity contribution is 6.01. The van der Waals surface area contributed by atoms with Crippen LogP contribution in [0.4, 0.5) is 5.69 Å². The van der Waals surface area contributed by atoms with Gasteiger partial charge in [0.2, 0.25) is 0 Å². The molecule has 0 fully saturated rings. The molecule has 0 spiro atoms. The van der Waals surface area contributed by atoms with Crippen LogP contribution >= 0.6 is 0 Å². The van der Waals surface area contributed by atoms with Crippen LogP contribution in [0.2, 0.25) is 0 Å². The molecule has 0 N–H and O–H groups in total. The number of nitrogens with zero attached hydrogens (tertiary/aromatic N) is 2. The summed E-state index contributed by atoms with van der Waals surface area (Å²) < 4.78 is 22.4. The summed E-state index contributed by atoms with van der Waals surface area (Å²) in [5, 5.41) is 7.10. The number of rotatable bonds is 9. The number of allylic oxidation sites excluding steroid dienone is 1. The lowest BCUT2D eigenvalue weighted by Crippen LogP contribution is -2.19. The lowest BCUT2D eigenvalue weighted by Gasteiger charge is -2.26. The predicted molar refractivity (Wildman–Crippen MR) is 146 cm³/mol. The van der Waals surface area contributed by atoms with Crippen LogP contribution in [0.25, 0.3) is 6.08 Å². The molecule has 3 aromatic rings. The van der Waals surface area contributed by atoms with Crippen molar-refractivity contribution < 1.29 is 18.9 Å². The van der Waals surface area contributed by atoms with Crippen LogP contribution in [0.3, 0.4) is 0 Å². The quantitative estimate of drug-likeness (QED) is 0.330. The van der Waals surface area contributed by atoms with E-state index in [9.17, 15) is 0 Å². The fourth-order valence-electron chi connectivity index (χ4n) is 4.53. The fraction of sp³-hybridized carbons (Fsp3) is 0.300. The maximum absolute atomic E-state index is 5.78. The largest absolute Gasteiger partial charge is 0.493 e. The Bertz CT molecular complexity index is 1250. The van der Waals surface area contributed by atoms with Crippen LogP contribution < -0.4 is 24.0 Å². The van der Waals surface area contributed by atoms with Gasteiger partial charge < -0.3 is 18.9 Å². The normalized spacial score (nSPS) is 15.4. The Kier molecular flexibility index (Phi) is 7.84. The van der Waals surface area contributed by atoms with Crippen molar-refractivity contribution in [3.8, 4) is 23.0 Å². The second kappa shape index (κ2) is 11.2. The molecule has 0 aliphatic carbocycles. The van der Waals surface area contributed by atoms with Gasteiger partial charge in [0.05, 0.1) is 45.9 Å². The summed E-state index contributed by atoms with van der Waals surface area (Å²) in [6.07, 6.45) is 4.77. The minimum absolute atomic E-state index is 0.0493. The molecular weight excluding hydrogens is 452 g/mol. The van der Waals surface area contributed by atoms with Crippen LogP contribution in [0.5, 0.6) is 23.0 Å². The Labute approximate surface area is 213 Å². The number of methoxy groups -OCH3 is 4. The highest BCUT2D eigenvalue weighted by Crippen LogP contribution is 2.43. The van der Waals surface area contributed by atoms with Gasteiger partial charge in [0.15, 0.2) is 23.0 Å². The molecule has 0 bridgehead atoms. The van der Waals surface area contributed by atoms with Gasteiger partial charge in [-0.2, -0.15) is 5.10 Å².